The van der Waals surface area contributed by atoms with Gasteiger partial charge >= 0.3 is 0 Å². The van der Waals surface area contributed by atoms with Crippen molar-refractivity contribution in [1.82, 2.24) is 10.2 Å². The molecule has 0 aromatic carbocycles. The van der Waals surface area contributed by atoms with Crippen molar-refractivity contribution in [3.63, 3.8) is 0 Å². The zero-order chi connectivity index (χ0) is 14.5. The fourth-order valence-electron chi connectivity index (χ4n) is 3.43. The van der Waals surface area contributed by atoms with Gasteiger partial charge in [-0.15, -0.1) is 0 Å². The number of nitrogens with zero attached hydrogens (tertiary/aromatic N) is 1. The van der Waals surface area contributed by atoms with Gasteiger partial charge in [-0.05, 0) is 63.1 Å². The zero-order valence-corrected chi connectivity index (χ0v) is 14.1. The molecule has 0 amide bonds. The van der Waals surface area contributed by atoms with Crippen LogP contribution in [0.5, 0.6) is 0 Å². The number of hydrogen-bond acceptors (Lipinski definition) is 2. The molecule has 2 nitrogen and oxygen atoms in total. The van der Waals surface area contributed by atoms with Gasteiger partial charge in [-0.3, -0.25) is 0 Å². The molecule has 0 spiro atoms. The van der Waals surface area contributed by atoms with Gasteiger partial charge in [-0.25, -0.2) is 0 Å². The summed E-state index contributed by atoms with van der Waals surface area (Å²) >= 11 is 0. The molecule has 0 radical (unpaired) electrons. The second kappa shape index (κ2) is 7.64. The molecule has 1 fully saturated rings. The largest absolute Gasteiger partial charge is 0.314 e. The number of rotatable bonds is 7. The van der Waals surface area contributed by atoms with Gasteiger partial charge in [0.25, 0.3) is 0 Å². The van der Waals surface area contributed by atoms with Gasteiger partial charge in [0.1, 0.15) is 0 Å². The van der Waals surface area contributed by atoms with Crippen LogP contribution in [0.3, 0.4) is 0 Å². The van der Waals surface area contributed by atoms with Crippen molar-refractivity contribution < 1.29 is 0 Å². The van der Waals surface area contributed by atoms with Gasteiger partial charge in [0.05, 0.1) is 0 Å². The first-order valence-corrected chi connectivity index (χ1v) is 8.26. The first kappa shape index (κ1) is 17.0. The summed E-state index contributed by atoms with van der Waals surface area (Å²) in [6, 6.07) is 0.736. The maximum absolute atomic E-state index is 3.72. The van der Waals surface area contributed by atoms with Crippen LogP contribution in [0.1, 0.15) is 60.3 Å². The lowest BCUT2D eigenvalue weighted by Gasteiger charge is -2.42. The molecule has 1 rings (SSSR count). The summed E-state index contributed by atoms with van der Waals surface area (Å²) in [5, 5.41) is 3.72. The van der Waals surface area contributed by atoms with Crippen molar-refractivity contribution in [2.24, 2.45) is 17.3 Å². The van der Waals surface area contributed by atoms with Crippen LogP contribution < -0.4 is 5.32 Å². The minimum atomic E-state index is 0.537. The standard InChI is InChI=1S/C17H36N2/c1-7-18-16-8-10-17(4,5)12-15(16)13-19(6)11-9-14(2)3/h14-16,18H,7-13H2,1-6H3. The lowest BCUT2D eigenvalue weighted by molar-refractivity contribution is 0.108. The van der Waals surface area contributed by atoms with Crippen LogP contribution in [-0.2, 0) is 0 Å². The van der Waals surface area contributed by atoms with E-state index in [-0.39, 0.29) is 0 Å². The van der Waals surface area contributed by atoms with E-state index in [2.05, 4.69) is 51.9 Å². The molecule has 0 aliphatic heterocycles. The van der Waals surface area contributed by atoms with Crippen LogP contribution in [0, 0.1) is 17.3 Å². The van der Waals surface area contributed by atoms with Crippen molar-refractivity contribution in [2.45, 2.75) is 66.3 Å². The van der Waals surface area contributed by atoms with Crippen LogP contribution in [0.4, 0.5) is 0 Å². The summed E-state index contributed by atoms with van der Waals surface area (Å²) in [5.74, 6) is 1.63. The predicted octanol–water partition coefficient (Wildman–Crippen LogP) is 3.77. The lowest BCUT2D eigenvalue weighted by atomic mass is 9.69. The molecule has 1 saturated carbocycles. The molecule has 2 unspecified atom stereocenters. The van der Waals surface area contributed by atoms with E-state index in [0.29, 0.717) is 5.41 Å². The van der Waals surface area contributed by atoms with Crippen LogP contribution in [-0.4, -0.2) is 37.6 Å². The molecule has 1 N–H and O–H groups in total. The minimum absolute atomic E-state index is 0.537. The Morgan fingerprint density at radius 2 is 2.00 bits per heavy atom. The summed E-state index contributed by atoms with van der Waals surface area (Å²) in [6.45, 7) is 15.4. The molecule has 1 aliphatic rings. The molecule has 2 heteroatoms. The maximum Gasteiger partial charge on any atom is 0.0108 e. The first-order chi connectivity index (χ1) is 8.84. The highest BCUT2D eigenvalue weighted by Crippen LogP contribution is 2.39. The predicted molar refractivity (Wildman–Crippen MR) is 85.5 cm³/mol. The van der Waals surface area contributed by atoms with Gasteiger partial charge in [0, 0.05) is 12.6 Å². The Labute approximate surface area is 121 Å². The Hall–Kier alpha value is -0.0800. The summed E-state index contributed by atoms with van der Waals surface area (Å²) < 4.78 is 0. The third-order valence-corrected chi connectivity index (χ3v) is 4.62. The van der Waals surface area contributed by atoms with E-state index >= 15 is 0 Å². The second-order valence-corrected chi connectivity index (χ2v) is 7.78. The van der Waals surface area contributed by atoms with Gasteiger partial charge in [-0.2, -0.15) is 0 Å². The summed E-state index contributed by atoms with van der Waals surface area (Å²) in [5.41, 5.74) is 0.537. The molecule has 19 heavy (non-hydrogen) atoms. The highest BCUT2D eigenvalue weighted by atomic mass is 15.1. The van der Waals surface area contributed by atoms with E-state index < -0.39 is 0 Å². The van der Waals surface area contributed by atoms with Crippen LogP contribution in [0.25, 0.3) is 0 Å². The Balaban J connectivity index is 2.49. The molecule has 2 atom stereocenters. The van der Waals surface area contributed by atoms with Crippen molar-refractivity contribution in [2.75, 3.05) is 26.7 Å². The highest BCUT2D eigenvalue weighted by Gasteiger charge is 2.34. The molecule has 0 aromatic rings. The molecular formula is C17H36N2. The Kier molecular flexibility index (Phi) is 6.82. The second-order valence-electron chi connectivity index (χ2n) is 7.78. The van der Waals surface area contributed by atoms with Gasteiger partial charge in [-0.1, -0.05) is 34.6 Å². The highest BCUT2D eigenvalue weighted by molar-refractivity contribution is 4.89. The van der Waals surface area contributed by atoms with Crippen LogP contribution in [0.15, 0.2) is 0 Å². The zero-order valence-electron chi connectivity index (χ0n) is 14.1. The SMILES string of the molecule is CCNC1CCC(C)(C)CC1CN(C)CCC(C)C. The average Bonchev–Trinajstić information content (AvgIpc) is 2.30. The normalized spacial score (nSPS) is 27.2. The summed E-state index contributed by atoms with van der Waals surface area (Å²) in [6.07, 6.45) is 5.41. The van der Waals surface area contributed by atoms with Crippen molar-refractivity contribution in [3.8, 4) is 0 Å². The van der Waals surface area contributed by atoms with E-state index in [4.69, 9.17) is 0 Å². The summed E-state index contributed by atoms with van der Waals surface area (Å²) in [4.78, 5) is 2.55. The quantitative estimate of drug-likeness (QED) is 0.756. The third-order valence-electron chi connectivity index (χ3n) is 4.62. The Morgan fingerprint density at radius 1 is 1.32 bits per heavy atom. The van der Waals surface area contributed by atoms with E-state index in [1.54, 1.807) is 0 Å². The van der Waals surface area contributed by atoms with E-state index in [9.17, 15) is 0 Å². The number of nitrogens with one attached hydrogen (secondary N) is 1. The van der Waals surface area contributed by atoms with E-state index in [0.717, 1.165) is 24.4 Å². The van der Waals surface area contributed by atoms with Gasteiger partial charge in [0.15, 0.2) is 0 Å². The monoisotopic (exact) mass is 268 g/mol. The van der Waals surface area contributed by atoms with Crippen LogP contribution in [0.2, 0.25) is 0 Å². The molecule has 0 aromatic heterocycles. The number of hydrogen-bond donors (Lipinski definition) is 1. The third kappa shape index (κ3) is 6.27. The van der Waals surface area contributed by atoms with Crippen molar-refractivity contribution in [1.29, 1.82) is 0 Å². The van der Waals surface area contributed by atoms with Gasteiger partial charge in [0.2, 0.25) is 0 Å². The topological polar surface area (TPSA) is 15.3 Å². The van der Waals surface area contributed by atoms with Gasteiger partial charge < -0.3 is 10.2 Å². The first-order valence-electron chi connectivity index (χ1n) is 8.26. The maximum atomic E-state index is 3.72. The Bertz CT molecular complexity index is 248. The average molecular weight is 268 g/mol. The van der Waals surface area contributed by atoms with E-state index in [1.165, 1.54) is 38.8 Å². The molecular weight excluding hydrogens is 232 g/mol. The van der Waals surface area contributed by atoms with Crippen LogP contribution >= 0.6 is 0 Å². The molecule has 1 aliphatic carbocycles. The summed E-state index contributed by atoms with van der Waals surface area (Å²) in [7, 11) is 2.30. The van der Waals surface area contributed by atoms with Crippen molar-refractivity contribution >= 4 is 0 Å². The minimum Gasteiger partial charge on any atom is -0.314 e. The lowest BCUT2D eigenvalue weighted by Crippen LogP contribution is -2.47. The smallest absolute Gasteiger partial charge is 0.0108 e. The Morgan fingerprint density at radius 3 is 2.58 bits per heavy atom. The molecule has 0 heterocycles. The molecule has 0 bridgehead atoms. The fraction of sp³-hybridized carbons (Fsp3) is 1.00. The molecule has 114 valence electrons. The van der Waals surface area contributed by atoms with E-state index in [1.807, 2.05) is 0 Å². The molecule has 0 saturated heterocycles. The van der Waals surface area contributed by atoms with Crippen molar-refractivity contribution in [3.05, 3.63) is 0 Å². The fourth-order valence-corrected chi connectivity index (χ4v) is 3.43.